The second kappa shape index (κ2) is 10.8. The summed E-state index contributed by atoms with van der Waals surface area (Å²) in [6.07, 6.45) is 1.69. The molecule has 1 unspecified atom stereocenters. The minimum Gasteiger partial charge on any atom is -0.497 e. The Labute approximate surface area is 216 Å². The topological polar surface area (TPSA) is 119 Å². The van der Waals surface area contributed by atoms with Gasteiger partial charge in [-0.3, -0.25) is 9.36 Å². The summed E-state index contributed by atoms with van der Waals surface area (Å²) >= 11 is 1.09. The molecule has 0 fully saturated rings. The number of hydrogen-bond acceptors (Lipinski definition) is 9. The zero-order valence-electron chi connectivity index (χ0n) is 20.8. The minimum atomic E-state index is -0.927. The van der Waals surface area contributed by atoms with Crippen molar-refractivity contribution in [2.24, 2.45) is 5.73 Å². The van der Waals surface area contributed by atoms with E-state index in [4.69, 9.17) is 24.7 Å². The van der Waals surface area contributed by atoms with E-state index in [0.29, 0.717) is 21.6 Å². The van der Waals surface area contributed by atoms with E-state index in [1.165, 1.54) is 18.8 Å². The Morgan fingerprint density at radius 2 is 1.54 bits per heavy atom. The van der Waals surface area contributed by atoms with E-state index in [-0.39, 0.29) is 28.2 Å². The van der Waals surface area contributed by atoms with Crippen molar-refractivity contribution in [3.63, 3.8) is 0 Å². The van der Waals surface area contributed by atoms with Crippen molar-refractivity contribution in [1.82, 2.24) is 4.57 Å². The van der Waals surface area contributed by atoms with Gasteiger partial charge in [-0.25, -0.2) is 9.59 Å². The number of thiazole rings is 1. The van der Waals surface area contributed by atoms with Gasteiger partial charge in [-0.15, -0.1) is 11.3 Å². The maximum absolute atomic E-state index is 13.5. The third-order valence-electron chi connectivity index (χ3n) is 5.91. The fourth-order valence-corrected chi connectivity index (χ4v) is 5.31. The van der Waals surface area contributed by atoms with Crippen LogP contribution in [0.5, 0.6) is 11.5 Å². The first-order valence-corrected chi connectivity index (χ1v) is 12.2. The molecule has 0 aliphatic carbocycles. The highest BCUT2D eigenvalue weighted by Crippen LogP contribution is 2.38. The van der Waals surface area contributed by atoms with Crippen LogP contribution in [-0.4, -0.2) is 44.4 Å². The third-order valence-corrected chi connectivity index (χ3v) is 7.02. The summed E-state index contributed by atoms with van der Waals surface area (Å²) in [5.41, 5.74) is 7.44. The van der Waals surface area contributed by atoms with Crippen molar-refractivity contribution < 1.29 is 28.5 Å². The number of fused-ring (bicyclic) bond motifs is 1. The smallest absolute Gasteiger partial charge is 0.338 e. The molecule has 0 bridgehead atoms. The number of benzene rings is 2. The summed E-state index contributed by atoms with van der Waals surface area (Å²) in [6.45, 7) is 1.75. The SMILES string of the molecule is CCOC(=O)C1=C(N)n2c(sc(=Cc3ccc(OC)cc3)c2=O)=C(C(=O)OC)C1c1ccc(OC)cc1. The second-order valence-electron chi connectivity index (χ2n) is 7.96. The van der Waals surface area contributed by atoms with Gasteiger partial charge in [0.2, 0.25) is 0 Å². The monoisotopic (exact) mass is 522 g/mol. The van der Waals surface area contributed by atoms with Gasteiger partial charge in [0.05, 0.1) is 49.5 Å². The van der Waals surface area contributed by atoms with E-state index in [0.717, 1.165) is 16.9 Å². The lowest BCUT2D eigenvalue weighted by Gasteiger charge is -2.26. The standard InChI is InChI=1S/C27H26N2O7S/c1-5-36-27(32)21-20(16-8-12-18(34-3)13-9-16)22(26(31)35-4)25-29(23(21)28)24(30)19(37-25)14-15-6-10-17(33-2)11-7-15/h6-14,20H,5,28H2,1-4H3. The van der Waals surface area contributed by atoms with Crippen LogP contribution >= 0.6 is 11.3 Å². The average molecular weight is 523 g/mol. The summed E-state index contributed by atoms with van der Waals surface area (Å²) in [7, 11) is 4.35. The van der Waals surface area contributed by atoms with E-state index in [1.54, 1.807) is 68.6 Å². The van der Waals surface area contributed by atoms with E-state index in [9.17, 15) is 14.4 Å². The molecule has 192 valence electrons. The van der Waals surface area contributed by atoms with Gasteiger partial charge in [-0.2, -0.15) is 0 Å². The molecule has 0 saturated carbocycles. The average Bonchev–Trinajstić information content (AvgIpc) is 3.24. The maximum Gasteiger partial charge on any atom is 0.338 e. The summed E-state index contributed by atoms with van der Waals surface area (Å²) in [6, 6.07) is 14.0. The number of nitrogens with two attached hydrogens (primary N) is 1. The van der Waals surface area contributed by atoms with Crippen molar-refractivity contribution in [3.05, 3.63) is 84.8 Å². The molecule has 2 N–H and O–H groups in total. The zero-order valence-corrected chi connectivity index (χ0v) is 21.6. The van der Waals surface area contributed by atoms with Crippen molar-refractivity contribution in [3.8, 4) is 11.5 Å². The van der Waals surface area contributed by atoms with E-state index in [1.807, 2.05) is 0 Å². The molecule has 2 heterocycles. The van der Waals surface area contributed by atoms with Crippen molar-refractivity contribution in [2.45, 2.75) is 12.8 Å². The Morgan fingerprint density at radius 1 is 0.946 bits per heavy atom. The first kappa shape index (κ1) is 25.8. The fourth-order valence-electron chi connectivity index (χ4n) is 4.15. The number of ether oxygens (including phenoxy) is 4. The molecular formula is C27H26N2O7S. The van der Waals surface area contributed by atoms with Gasteiger partial charge < -0.3 is 24.7 Å². The number of carbonyl (C=O) groups is 2. The molecule has 1 aliphatic rings. The first-order chi connectivity index (χ1) is 17.8. The Kier molecular flexibility index (Phi) is 7.49. The van der Waals surface area contributed by atoms with Crippen LogP contribution in [0.25, 0.3) is 17.5 Å². The lowest BCUT2D eigenvalue weighted by atomic mass is 9.83. The number of nitrogens with zero attached hydrogens (tertiary/aromatic N) is 1. The van der Waals surface area contributed by atoms with Crippen LogP contribution in [0.1, 0.15) is 24.0 Å². The van der Waals surface area contributed by atoms with Crippen molar-refractivity contribution in [1.29, 1.82) is 0 Å². The van der Waals surface area contributed by atoms with Gasteiger partial charge in [0, 0.05) is 0 Å². The molecule has 1 aliphatic heterocycles. The molecule has 2 aromatic carbocycles. The van der Waals surface area contributed by atoms with Crippen molar-refractivity contribution >= 4 is 40.7 Å². The number of hydrogen-bond donors (Lipinski definition) is 1. The minimum absolute atomic E-state index is 0.0178. The first-order valence-electron chi connectivity index (χ1n) is 11.4. The van der Waals surface area contributed by atoms with Crippen molar-refractivity contribution in [2.75, 3.05) is 27.9 Å². The second-order valence-corrected chi connectivity index (χ2v) is 8.99. The Hall–Kier alpha value is -4.31. The van der Waals surface area contributed by atoms with Crippen LogP contribution in [0.4, 0.5) is 0 Å². The molecule has 1 atom stereocenters. The van der Waals surface area contributed by atoms with Gasteiger partial charge in [0.25, 0.3) is 5.56 Å². The highest BCUT2D eigenvalue weighted by Gasteiger charge is 2.39. The molecule has 10 heteroatoms. The van der Waals surface area contributed by atoms with E-state index in [2.05, 4.69) is 0 Å². The number of methoxy groups -OCH3 is 3. The number of aromatic nitrogens is 1. The van der Waals surface area contributed by atoms with Crippen LogP contribution in [-0.2, 0) is 19.1 Å². The van der Waals surface area contributed by atoms with Crippen LogP contribution in [0.3, 0.4) is 0 Å². The molecule has 1 aromatic heterocycles. The molecule has 0 radical (unpaired) electrons. The molecule has 37 heavy (non-hydrogen) atoms. The summed E-state index contributed by atoms with van der Waals surface area (Å²) in [4.78, 5) is 39.9. The largest absolute Gasteiger partial charge is 0.497 e. The third kappa shape index (κ3) is 4.75. The Morgan fingerprint density at radius 3 is 2.08 bits per heavy atom. The predicted molar refractivity (Wildman–Crippen MR) is 140 cm³/mol. The van der Waals surface area contributed by atoms with Crippen LogP contribution in [0.15, 0.2) is 58.9 Å². The van der Waals surface area contributed by atoms with Gasteiger partial charge >= 0.3 is 11.9 Å². The zero-order chi connectivity index (χ0) is 26.7. The predicted octanol–water partition coefficient (Wildman–Crippen LogP) is 1.57. The lowest BCUT2D eigenvalue weighted by Crippen LogP contribution is -2.41. The normalized spacial score (nSPS) is 15.3. The van der Waals surface area contributed by atoms with Gasteiger partial charge in [0.1, 0.15) is 22.0 Å². The lowest BCUT2D eigenvalue weighted by molar-refractivity contribution is -0.138. The van der Waals surface area contributed by atoms with Crippen LogP contribution in [0, 0.1) is 0 Å². The number of carbonyl (C=O) groups excluding carboxylic acids is 2. The summed E-state index contributed by atoms with van der Waals surface area (Å²) < 4.78 is 22.6. The molecular weight excluding hydrogens is 496 g/mol. The molecule has 0 spiro atoms. The Bertz CT molecular complexity index is 1550. The van der Waals surface area contributed by atoms with Crippen LogP contribution in [0.2, 0.25) is 0 Å². The van der Waals surface area contributed by atoms with Gasteiger partial charge in [-0.05, 0) is 48.4 Å². The summed E-state index contributed by atoms with van der Waals surface area (Å²) in [5.74, 6) is -1.18. The Balaban J connectivity index is 2.06. The van der Waals surface area contributed by atoms with Gasteiger partial charge in [0.15, 0.2) is 0 Å². The number of esters is 2. The quantitative estimate of drug-likeness (QED) is 0.465. The highest BCUT2D eigenvalue weighted by molar-refractivity contribution is 7.07. The van der Waals surface area contributed by atoms with E-state index >= 15 is 0 Å². The van der Waals surface area contributed by atoms with E-state index < -0.39 is 23.4 Å². The van der Waals surface area contributed by atoms with Crippen LogP contribution < -0.4 is 30.0 Å². The van der Waals surface area contributed by atoms with Gasteiger partial charge in [-0.1, -0.05) is 24.3 Å². The molecule has 9 nitrogen and oxygen atoms in total. The fraction of sp³-hybridized carbons (Fsp3) is 0.222. The summed E-state index contributed by atoms with van der Waals surface area (Å²) in [5, 5.41) is 0. The molecule has 0 saturated heterocycles. The molecule has 0 amide bonds. The highest BCUT2D eigenvalue weighted by atomic mass is 32.1. The molecule has 4 rings (SSSR count). The molecule has 3 aromatic rings. The maximum atomic E-state index is 13.5. The number of rotatable bonds is 7.